The van der Waals surface area contributed by atoms with Crippen molar-refractivity contribution in [3.8, 4) is 17.2 Å². The van der Waals surface area contributed by atoms with E-state index in [2.05, 4.69) is 0 Å². The van der Waals surface area contributed by atoms with Gasteiger partial charge in [-0.3, -0.25) is 0 Å². The number of benzene rings is 2. The molecule has 0 unspecified atom stereocenters. The third-order valence-corrected chi connectivity index (χ3v) is 2.57. The van der Waals surface area contributed by atoms with Crippen LogP contribution in [-0.2, 0) is 4.79 Å². The maximum absolute atomic E-state index is 10.5. The van der Waals surface area contributed by atoms with Crippen LogP contribution in [-0.4, -0.2) is 18.2 Å². The summed E-state index contributed by atoms with van der Waals surface area (Å²) in [5.41, 5.74) is 0.750. The minimum atomic E-state index is -0.985. The second kappa shape index (κ2) is 6.43. The van der Waals surface area contributed by atoms with Crippen LogP contribution in [0.1, 0.15) is 5.56 Å². The van der Waals surface area contributed by atoms with Gasteiger partial charge in [-0.1, -0.05) is 24.3 Å². The van der Waals surface area contributed by atoms with Crippen LogP contribution in [0.2, 0.25) is 0 Å². The highest BCUT2D eigenvalue weighted by atomic mass is 16.5. The molecule has 4 nitrogen and oxygen atoms in total. The average molecular weight is 270 g/mol. The van der Waals surface area contributed by atoms with Crippen molar-refractivity contribution < 1.29 is 19.4 Å². The molecule has 2 rings (SSSR count). The van der Waals surface area contributed by atoms with Crippen LogP contribution in [0.3, 0.4) is 0 Å². The zero-order chi connectivity index (χ0) is 14.4. The summed E-state index contributed by atoms with van der Waals surface area (Å²) in [6.07, 6.45) is 2.60. The van der Waals surface area contributed by atoms with Gasteiger partial charge in [-0.2, -0.15) is 0 Å². The lowest BCUT2D eigenvalue weighted by atomic mass is 10.2. The van der Waals surface area contributed by atoms with Crippen LogP contribution in [0.4, 0.5) is 0 Å². The van der Waals surface area contributed by atoms with Gasteiger partial charge in [-0.15, -0.1) is 0 Å². The molecule has 0 aliphatic carbocycles. The number of aliphatic carboxylic acids is 1. The highest BCUT2D eigenvalue weighted by Gasteiger charge is 2.04. The molecule has 0 fully saturated rings. The van der Waals surface area contributed by atoms with Gasteiger partial charge in [0.05, 0.1) is 7.11 Å². The van der Waals surface area contributed by atoms with E-state index in [4.69, 9.17) is 14.6 Å². The summed E-state index contributed by atoms with van der Waals surface area (Å²) < 4.78 is 11.0. The topological polar surface area (TPSA) is 55.8 Å². The van der Waals surface area contributed by atoms with Crippen molar-refractivity contribution in [3.05, 3.63) is 60.2 Å². The molecule has 2 aromatic carbocycles. The van der Waals surface area contributed by atoms with Crippen molar-refractivity contribution in [2.75, 3.05) is 7.11 Å². The predicted octanol–water partition coefficient (Wildman–Crippen LogP) is 3.59. The van der Waals surface area contributed by atoms with Crippen molar-refractivity contribution in [2.24, 2.45) is 0 Å². The Labute approximate surface area is 116 Å². The number of methoxy groups -OCH3 is 1. The molecule has 0 aromatic heterocycles. The summed E-state index contributed by atoms with van der Waals surface area (Å²) in [5, 5.41) is 8.61. The van der Waals surface area contributed by atoms with Gasteiger partial charge in [0.2, 0.25) is 0 Å². The molecule has 20 heavy (non-hydrogen) atoms. The van der Waals surface area contributed by atoms with E-state index in [1.165, 1.54) is 6.08 Å². The molecule has 0 aliphatic heterocycles. The van der Waals surface area contributed by atoms with E-state index in [1.807, 2.05) is 18.2 Å². The van der Waals surface area contributed by atoms with E-state index < -0.39 is 5.97 Å². The molecule has 0 amide bonds. The van der Waals surface area contributed by atoms with Gasteiger partial charge in [0.25, 0.3) is 0 Å². The molecule has 0 saturated heterocycles. The first-order chi connectivity index (χ1) is 9.69. The van der Waals surface area contributed by atoms with Crippen LogP contribution >= 0.6 is 0 Å². The summed E-state index contributed by atoms with van der Waals surface area (Å²) >= 11 is 0. The average Bonchev–Trinajstić information content (AvgIpc) is 2.46. The standard InChI is InChI=1S/C16H14O4/c1-19-14-7-2-3-8-15(14)20-13-6-4-5-12(11-13)9-10-16(17)18/h2-11H,1H3,(H,17,18). The van der Waals surface area contributed by atoms with E-state index in [9.17, 15) is 4.79 Å². The number of para-hydroxylation sites is 2. The van der Waals surface area contributed by atoms with Crippen molar-refractivity contribution in [1.82, 2.24) is 0 Å². The smallest absolute Gasteiger partial charge is 0.328 e. The van der Waals surface area contributed by atoms with Crippen LogP contribution in [0, 0.1) is 0 Å². The number of rotatable bonds is 5. The summed E-state index contributed by atoms with van der Waals surface area (Å²) in [6.45, 7) is 0. The van der Waals surface area contributed by atoms with E-state index in [1.54, 1.807) is 37.4 Å². The molecule has 2 aromatic rings. The minimum Gasteiger partial charge on any atom is -0.493 e. The lowest BCUT2D eigenvalue weighted by Gasteiger charge is -2.10. The Morgan fingerprint density at radius 1 is 1.10 bits per heavy atom. The number of carboxylic acids is 1. The summed E-state index contributed by atoms with van der Waals surface area (Å²) in [6, 6.07) is 14.5. The number of hydrogen-bond donors (Lipinski definition) is 1. The number of hydrogen-bond acceptors (Lipinski definition) is 3. The monoisotopic (exact) mass is 270 g/mol. The predicted molar refractivity (Wildman–Crippen MR) is 76.2 cm³/mol. The fourth-order valence-corrected chi connectivity index (χ4v) is 1.68. The quantitative estimate of drug-likeness (QED) is 0.844. The van der Waals surface area contributed by atoms with Gasteiger partial charge in [-0.25, -0.2) is 4.79 Å². The molecular weight excluding hydrogens is 256 g/mol. The van der Waals surface area contributed by atoms with Crippen LogP contribution in [0.15, 0.2) is 54.6 Å². The molecule has 0 radical (unpaired) electrons. The van der Waals surface area contributed by atoms with E-state index in [0.29, 0.717) is 17.2 Å². The molecular formula is C16H14O4. The second-order valence-electron chi connectivity index (χ2n) is 4.00. The van der Waals surface area contributed by atoms with E-state index in [-0.39, 0.29) is 0 Å². The van der Waals surface area contributed by atoms with Gasteiger partial charge in [0.1, 0.15) is 5.75 Å². The van der Waals surface area contributed by atoms with Gasteiger partial charge in [0.15, 0.2) is 11.5 Å². The normalized spacial score (nSPS) is 10.4. The lowest BCUT2D eigenvalue weighted by molar-refractivity contribution is -0.131. The zero-order valence-corrected chi connectivity index (χ0v) is 10.9. The minimum absolute atomic E-state index is 0.606. The Hall–Kier alpha value is -2.75. The Balaban J connectivity index is 2.21. The molecule has 0 heterocycles. The largest absolute Gasteiger partial charge is 0.493 e. The van der Waals surface area contributed by atoms with Gasteiger partial charge in [0, 0.05) is 6.08 Å². The second-order valence-corrected chi connectivity index (χ2v) is 4.00. The molecule has 0 aliphatic rings. The SMILES string of the molecule is COc1ccccc1Oc1cccc(C=CC(=O)O)c1. The summed E-state index contributed by atoms with van der Waals surface area (Å²) in [4.78, 5) is 10.5. The molecule has 0 atom stereocenters. The van der Waals surface area contributed by atoms with Crippen LogP contribution in [0.5, 0.6) is 17.2 Å². The lowest BCUT2D eigenvalue weighted by Crippen LogP contribution is -1.90. The summed E-state index contributed by atoms with van der Waals surface area (Å²) in [7, 11) is 1.58. The molecule has 0 saturated carbocycles. The first-order valence-corrected chi connectivity index (χ1v) is 6.01. The van der Waals surface area contributed by atoms with Crippen LogP contribution in [0.25, 0.3) is 6.08 Å². The molecule has 1 N–H and O–H groups in total. The highest BCUT2D eigenvalue weighted by molar-refractivity contribution is 5.85. The van der Waals surface area contributed by atoms with Crippen molar-refractivity contribution >= 4 is 12.0 Å². The van der Waals surface area contributed by atoms with Crippen molar-refractivity contribution in [1.29, 1.82) is 0 Å². The van der Waals surface area contributed by atoms with Gasteiger partial charge >= 0.3 is 5.97 Å². The fraction of sp³-hybridized carbons (Fsp3) is 0.0625. The Morgan fingerprint density at radius 3 is 2.55 bits per heavy atom. The Bertz CT molecular complexity index is 632. The number of carboxylic acid groups (broad SMARTS) is 1. The molecule has 102 valence electrons. The molecule has 4 heteroatoms. The van der Waals surface area contributed by atoms with E-state index in [0.717, 1.165) is 11.6 Å². The maximum atomic E-state index is 10.5. The fourth-order valence-electron chi connectivity index (χ4n) is 1.68. The van der Waals surface area contributed by atoms with Crippen LogP contribution < -0.4 is 9.47 Å². The number of ether oxygens (including phenoxy) is 2. The third kappa shape index (κ3) is 3.62. The molecule has 0 bridgehead atoms. The Morgan fingerprint density at radius 2 is 1.85 bits per heavy atom. The highest BCUT2D eigenvalue weighted by Crippen LogP contribution is 2.31. The number of carbonyl (C=O) groups is 1. The van der Waals surface area contributed by atoms with Crippen molar-refractivity contribution in [3.63, 3.8) is 0 Å². The first-order valence-electron chi connectivity index (χ1n) is 6.01. The Kier molecular flexibility index (Phi) is 4.39. The van der Waals surface area contributed by atoms with Crippen molar-refractivity contribution in [2.45, 2.75) is 0 Å². The first kappa shape index (κ1) is 13.7. The summed E-state index contributed by atoms with van der Waals surface area (Å²) in [5.74, 6) is 0.872. The zero-order valence-electron chi connectivity index (χ0n) is 10.9. The third-order valence-electron chi connectivity index (χ3n) is 2.57. The maximum Gasteiger partial charge on any atom is 0.328 e. The van der Waals surface area contributed by atoms with Gasteiger partial charge in [-0.05, 0) is 35.9 Å². The molecule has 0 spiro atoms. The van der Waals surface area contributed by atoms with Gasteiger partial charge < -0.3 is 14.6 Å². The van der Waals surface area contributed by atoms with E-state index >= 15 is 0 Å².